The summed E-state index contributed by atoms with van der Waals surface area (Å²) in [4.78, 5) is 33.4. The van der Waals surface area contributed by atoms with Crippen LogP contribution in [0.5, 0.6) is 5.75 Å². The molecule has 9 heteroatoms. The average Bonchev–Trinajstić information content (AvgIpc) is 2.59. The molecule has 24 heavy (non-hydrogen) atoms. The Hall–Kier alpha value is -3.49. The Morgan fingerprint density at radius 1 is 1.12 bits per heavy atom. The van der Waals surface area contributed by atoms with Crippen LogP contribution in [-0.2, 0) is 4.79 Å². The predicted molar refractivity (Wildman–Crippen MR) is 80.6 cm³/mol. The fourth-order valence-corrected chi connectivity index (χ4v) is 1.70. The lowest BCUT2D eigenvalue weighted by Gasteiger charge is -2.09. The molecule has 2 N–H and O–H groups in total. The number of benzene rings is 2. The third-order valence-corrected chi connectivity index (χ3v) is 2.83. The van der Waals surface area contributed by atoms with Crippen molar-refractivity contribution < 1.29 is 23.6 Å². The van der Waals surface area contributed by atoms with Crippen LogP contribution in [0.15, 0.2) is 48.5 Å². The zero-order chi connectivity index (χ0) is 17.5. The Morgan fingerprint density at radius 2 is 1.88 bits per heavy atom. The number of nitrogens with one attached hydrogen (secondary N) is 2. The zero-order valence-corrected chi connectivity index (χ0v) is 12.2. The number of rotatable bonds is 5. The highest BCUT2D eigenvalue weighted by Crippen LogP contribution is 2.15. The molecule has 8 nitrogen and oxygen atoms in total. The number of carbonyl (C=O) groups excluding carboxylic acids is 2. The van der Waals surface area contributed by atoms with Gasteiger partial charge in [-0.25, -0.2) is 4.39 Å². The molecule has 2 aromatic rings. The van der Waals surface area contributed by atoms with Gasteiger partial charge in [0.25, 0.3) is 17.5 Å². The zero-order valence-electron chi connectivity index (χ0n) is 12.2. The Labute approximate surface area is 135 Å². The van der Waals surface area contributed by atoms with Gasteiger partial charge in [-0.1, -0.05) is 18.2 Å². The average molecular weight is 333 g/mol. The summed E-state index contributed by atoms with van der Waals surface area (Å²) in [7, 11) is 0. The maximum Gasteiger partial charge on any atom is 0.276 e. The van der Waals surface area contributed by atoms with Crippen molar-refractivity contribution in [2.24, 2.45) is 0 Å². The van der Waals surface area contributed by atoms with E-state index in [-0.39, 0.29) is 17.0 Å². The van der Waals surface area contributed by atoms with Gasteiger partial charge in [-0.15, -0.1) is 0 Å². The highest BCUT2D eigenvalue weighted by atomic mass is 19.1. The second kappa shape index (κ2) is 7.68. The summed E-state index contributed by atoms with van der Waals surface area (Å²) in [5, 5.41) is 10.6. The molecule has 0 bridgehead atoms. The van der Waals surface area contributed by atoms with E-state index in [1.807, 2.05) is 0 Å². The molecule has 0 unspecified atom stereocenters. The van der Waals surface area contributed by atoms with Crippen LogP contribution < -0.4 is 15.6 Å². The maximum atomic E-state index is 13.3. The van der Waals surface area contributed by atoms with Gasteiger partial charge in [0.05, 0.1) is 4.92 Å². The molecule has 0 aliphatic heterocycles. The third-order valence-electron chi connectivity index (χ3n) is 2.83. The lowest BCUT2D eigenvalue weighted by molar-refractivity contribution is -0.384. The number of nitro groups is 1. The van der Waals surface area contributed by atoms with E-state index in [4.69, 9.17) is 4.74 Å². The first-order valence-electron chi connectivity index (χ1n) is 6.68. The van der Waals surface area contributed by atoms with E-state index >= 15 is 0 Å². The molecule has 0 atom stereocenters. The SMILES string of the molecule is O=C(COc1ccccc1F)NNC(=O)c1cccc([N+](=O)[O-])c1. The molecule has 2 aromatic carbocycles. The number of para-hydroxylation sites is 1. The molecule has 0 aliphatic rings. The minimum Gasteiger partial charge on any atom is -0.481 e. The predicted octanol–water partition coefficient (Wildman–Crippen LogP) is 1.57. The first kappa shape index (κ1) is 16.9. The fraction of sp³-hybridized carbons (Fsp3) is 0.0667. The van der Waals surface area contributed by atoms with E-state index in [0.717, 1.165) is 6.07 Å². The minimum atomic E-state index is -0.738. The van der Waals surface area contributed by atoms with Crippen LogP contribution in [0.4, 0.5) is 10.1 Å². The number of hydrogen-bond acceptors (Lipinski definition) is 5. The van der Waals surface area contributed by atoms with Crippen LogP contribution in [0, 0.1) is 15.9 Å². The molecular formula is C15H12FN3O5. The molecule has 0 aromatic heterocycles. The molecule has 0 fully saturated rings. The summed E-state index contributed by atoms with van der Waals surface area (Å²) in [5.41, 5.74) is 3.89. The van der Waals surface area contributed by atoms with E-state index in [9.17, 15) is 24.1 Å². The Balaban J connectivity index is 1.85. The molecule has 0 saturated carbocycles. The van der Waals surface area contributed by atoms with E-state index in [1.54, 1.807) is 6.07 Å². The fourth-order valence-electron chi connectivity index (χ4n) is 1.70. The van der Waals surface area contributed by atoms with Gasteiger partial charge in [0.2, 0.25) is 0 Å². The van der Waals surface area contributed by atoms with E-state index in [1.165, 1.54) is 36.4 Å². The number of halogens is 1. The van der Waals surface area contributed by atoms with Crippen LogP contribution in [0.25, 0.3) is 0 Å². The van der Waals surface area contributed by atoms with Crippen molar-refractivity contribution >= 4 is 17.5 Å². The summed E-state index contributed by atoms with van der Waals surface area (Å²) >= 11 is 0. The van der Waals surface area contributed by atoms with Gasteiger partial charge in [0.1, 0.15) is 0 Å². The van der Waals surface area contributed by atoms with Gasteiger partial charge >= 0.3 is 0 Å². The molecule has 0 heterocycles. The lowest BCUT2D eigenvalue weighted by atomic mass is 10.2. The first-order chi connectivity index (χ1) is 11.5. The monoisotopic (exact) mass is 333 g/mol. The normalized spacial score (nSPS) is 9.88. The number of hydrogen-bond donors (Lipinski definition) is 2. The quantitative estimate of drug-likeness (QED) is 0.637. The van der Waals surface area contributed by atoms with Crippen LogP contribution >= 0.6 is 0 Å². The van der Waals surface area contributed by atoms with Crippen molar-refractivity contribution in [3.63, 3.8) is 0 Å². The number of non-ortho nitro benzene ring substituents is 1. The van der Waals surface area contributed by atoms with Gasteiger partial charge in [-0.2, -0.15) is 0 Å². The van der Waals surface area contributed by atoms with Crippen molar-refractivity contribution in [2.75, 3.05) is 6.61 Å². The summed E-state index contributed by atoms with van der Waals surface area (Å²) in [5.74, 6) is -2.18. The number of nitrogens with zero attached hydrogens (tertiary/aromatic N) is 1. The highest BCUT2D eigenvalue weighted by Gasteiger charge is 2.12. The van der Waals surface area contributed by atoms with E-state index in [2.05, 4.69) is 10.9 Å². The van der Waals surface area contributed by atoms with Crippen molar-refractivity contribution in [3.05, 3.63) is 70.0 Å². The summed E-state index contributed by atoms with van der Waals surface area (Å²) in [6.07, 6.45) is 0. The van der Waals surface area contributed by atoms with Gasteiger partial charge < -0.3 is 4.74 Å². The number of nitro benzene ring substituents is 1. The molecule has 0 radical (unpaired) electrons. The summed E-state index contributed by atoms with van der Waals surface area (Å²) in [6.45, 7) is -0.518. The lowest BCUT2D eigenvalue weighted by Crippen LogP contribution is -2.43. The molecule has 124 valence electrons. The third kappa shape index (κ3) is 4.50. The van der Waals surface area contributed by atoms with E-state index in [0.29, 0.717) is 0 Å². The Morgan fingerprint density at radius 3 is 2.58 bits per heavy atom. The number of hydrazine groups is 1. The van der Waals surface area contributed by atoms with E-state index < -0.39 is 29.2 Å². The number of carbonyl (C=O) groups is 2. The molecule has 0 saturated heterocycles. The Bertz CT molecular complexity index is 781. The molecule has 0 spiro atoms. The molecule has 2 rings (SSSR count). The van der Waals surface area contributed by atoms with Crippen molar-refractivity contribution in [1.29, 1.82) is 0 Å². The standard InChI is InChI=1S/C15H12FN3O5/c16-12-6-1-2-7-13(12)24-9-14(20)17-18-15(21)10-4-3-5-11(8-10)19(22)23/h1-8H,9H2,(H,17,20)(H,18,21). The van der Waals surface area contributed by atoms with Crippen LogP contribution in [0.1, 0.15) is 10.4 Å². The van der Waals surface area contributed by atoms with Crippen LogP contribution in [0.3, 0.4) is 0 Å². The first-order valence-corrected chi connectivity index (χ1v) is 6.68. The van der Waals surface area contributed by atoms with Crippen molar-refractivity contribution in [1.82, 2.24) is 10.9 Å². The molecule has 0 aliphatic carbocycles. The van der Waals surface area contributed by atoms with Gasteiger partial charge in [0.15, 0.2) is 18.2 Å². The largest absolute Gasteiger partial charge is 0.481 e. The number of amides is 2. The topological polar surface area (TPSA) is 111 Å². The summed E-state index contributed by atoms with van der Waals surface area (Å²) < 4.78 is 18.3. The van der Waals surface area contributed by atoms with Crippen molar-refractivity contribution in [2.45, 2.75) is 0 Å². The second-order valence-electron chi connectivity index (χ2n) is 4.53. The van der Waals surface area contributed by atoms with Crippen LogP contribution in [0.2, 0.25) is 0 Å². The van der Waals surface area contributed by atoms with Crippen molar-refractivity contribution in [3.8, 4) is 5.75 Å². The summed E-state index contributed by atoms with van der Waals surface area (Å²) in [6, 6.07) is 10.5. The van der Waals surface area contributed by atoms with Crippen LogP contribution in [-0.4, -0.2) is 23.3 Å². The smallest absolute Gasteiger partial charge is 0.276 e. The van der Waals surface area contributed by atoms with Gasteiger partial charge in [0, 0.05) is 17.7 Å². The molecular weight excluding hydrogens is 321 g/mol. The molecule has 2 amide bonds. The Kier molecular flexibility index (Phi) is 5.40. The number of ether oxygens (including phenoxy) is 1. The van der Waals surface area contributed by atoms with Gasteiger partial charge in [-0.05, 0) is 18.2 Å². The maximum absolute atomic E-state index is 13.3. The van der Waals surface area contributed by atoms with Gasteiger partial charge in [-0.3, -0.25) is 30.6 Å². The second-order valence-corrected chi connectivity index (χ2v) is 4.53. The minimum absolute atomic E-state index is 0.000442. The highest BCUT2D eigenvalue weighted by molar-refractivity contribution is 5.96.